The van der Waals surface area contributed by atoms with Gasteiger partial charge in [0.15, 0.2) is 0 Å². The standard InChI is InChI=1S/C11H22N2O/c1-2-7-14-11-3-5-13(6-4-11)10-8-12-9-10/h10-12H,2-9H2,1H3. The van der Waals surface area contributed by atoms with E-state index in [-0.39, 0.29) is 0 Å². The van der Waals surface area contributed by atoms with Crippen molar-refractivity contribution < 1.29 is 4.74 Å². The summed E-state index contributed by atoms with van der Waals surface area (Å²) in [5, 5.41) is 3.33. The number of nitrogens with one attached hydrogen (secondary N) is 1. The van der Waals surface area contributed by atoms with E-state index >= 15 is 0 Å². The van der Waals surface area contributed by atoms with Gasteiger partial charge in [-0.25, -0.2) is 0 Å². The highest BCUT2D eigenvalue weighted by Gasteiger charge is 2.28. The van der Waals surface area contributed by atoms with Gasteiger partial charge < -0.3 is 10.1 Å². The largest absolute Gasteiger partial charge is 0.378 e. The van der Waals surface area contributed by atoms with Gasteiger partial charge in [0, 0.05) is 38.8 Å². The van der Waals surface area contributed by atoms with Gasteiger partial charge in [0.1, 0.15) is 0 Å². The lowest BCUT2D eigenvalue weighted by atomic mass is 10.0. The van der Waals surface area contributed by atoms with Crippen molar-refractivity contribution in [2.75, 3.05) is 32.8 Å². The number of likely N-dealkylation sites (tertiary alicyclic amines) is 1. The van der Waals surface area contributed by atoms with Gasteiger partial charge in [0.05, 0.1) is 6.10 Å². The molecule has 0 aromatic rings. The molecule has 0 aromatic heterocycles. The van der Waals surface area contributed by atoms with Crippen molar-refractivity contribution in [2.45, 2.75) is 38.3 Å². The highest BCUT2D eigenvalue weighted by atomic mass is 16.5. The van der Waals surface area contributed by atoms with Crippen LogP contribution in [0.15, 0.2) is 0 Å². The molecule has 0 saturated carbocycles. The summed E-state index contributed by atoms with van der Waals surface area (Å²) in [6, 6.07) is 0.821. The molecule has 82 valence electrons. The molecule has 0 aliphatic carbocycles. The number of hydrogen-bond donors (Lipinski definition) is 1. The Balaban J connectivity index is 1.64. The third kappa shape index (κ3) is 2.47. The van der Waals surface area contributed by atoms with E-state index in [2.05, 4.69) is 17.1 Å². The first-order chi connectivity index (χ1) is 6.90. The second-order valence-corrected chi connectivity index (χ2v) is 4.42. The Labute approximate surface area is 86.8 Å². The SMILES string of the molecule is CCCOC1CCN(C2CNC2)CC1. The molecule has 2 fully saturated rings. The highest BCUT2D eigenvalue weighted by molar-refractivity contribution is 4.87. The van der Waals surface area contributed by atoms with E-state index in [4.69, 9.17) is 4.74 Å². The number of piperidine rings is 1. The maximum absolute atomic E-state index is 5.77. The van der Waals surface area contributed by atoms with Crippen molar-refractivity contribution in [2.24, 2.45) is 0 Å². The Bertz CT molecular complexity index is 163. The van der Waals surface area contributed by atoms with E-state index in [0.717, 1.165) is 19.1 Å². The maximum Gasteiger partial charge on any atom is 0.0599 e. The van der Waals surface area contributed by atoms with Gasteiger partial charge in [0.25, 0.3) is 0 Å². The summed E-state index contributed by atoms with van der Waals surface area (Å²) in [5.74, 6) is 0. The van der Waals surface area contributed by atoms with Crippen LogP contribution in [0.3, 0.4) is 0 Å². The highest BCUT2D eigenvalue weighted by Crippen LogP contribution is 2.17. The predicted octanol–water partition coefficient (Wildman–Crippen LogP) is 0.849. The Hall–Kier alpha value is -0.120. The van der Waals surface area contributed by atoms with Gasteiger partial charge in [-0.05, 0) is 19.3 Å². The first kappa shape index (κ1) is 10.4. The first-order valence-electron chi connectivity index (χ1n) is 5.96. The lowest BCUT2D eigenvalue weighted by Crippen LogP contribution is -2.59. The van der Waals surface area contributed by atoms with Crippen LogP contribution in [0.4, 0.5) is 0 Å². The first-order valence-corrected chi connectivity index (χ1v) is 5.96. The third-order valence-corrected chi connectivity index (χ3v) is 3.31. The molecule has 2 rings (SSSR count). The van der Waals surface area contributed by atoms with Crippen LogP contribution in [0.25, 0.3) is 0 Å². The van der Waals surface area contributed by atoms with Gasteiger partial charge in [-0.15, -0.1) is 0 Å². The van der Waals surface area contributed by atoms with Gasteiger partial charge in [-0.3, -0.25) is 4.90 Å². The number of nitrogens with zero attached hydrogens (tertiary/aromatic N) is 1. The second-order valence-electron chi connectivity index (χ2n) is 4.42. The minimum absolute atomic E-state index is 0.541. The molecule has 2 heterocycles. The number of ether oxygens (including phenoxy) is 1. The van der Waals surface area contributed by atoms with Crippen LogP contribution in [0.1, 0.15) is 26.2 Å². The Morgan fingerprint density at radius 1 is 1.29 bits per heavy atom. The molecule has 2 aliphatic heterocycles. The predicted molar refractivity (Wildman–Crippen MR) is 57.5 cm³/mol. The Morgan fingerprint density at radius 2 is 2.00 bits per heavy atom. The van der Waals surface area contributed by atoms with Crippen LogP contribution in [0.2, 0.25) is 0 Å². The molecule has 0 aromatic carbocycles. The third-order valence-electron chi connectivity index (χ3n) is 3.31. The summed E-state index contributed by atoms with van der Waals surface area (Å²) in [4.78, 5) is 2.61. The minimum atomic E-state index is 0.541. The molecule has 1 N–H and O–H groups in total. The van der Waals surface area contributed by atoms with Crippen molar-refractivity contribution in [3.05, 3.63) is 0 Å². The molecule has 0 radical (unpaired) electrons. The molecular formula is C11H22N2O. The van der Waals surface area contributed by atoms with Crippen LogP contribution >= 0.6 is 0 Å². The molecule has 2 saturated heterocycles. The summed E-state index contributed by atoms with van der Waals surface area (Å²) in [6.07, 6.45) is 4.15. The molecule has 0 amide bonds. The zero-order valence-corrected chi connectivity index (χ0v) is 9.17. The maximum atomic E-state index is 5.77. The van der Waals surface area contributed by atoms with E-state index in [9.17, 15) is 0 Å². The van der Waals surface area contributed by atoms with Crippen LogP contribution in [0.5, 0.6) is 0 Å². The van der Waals surface area contributed by atoms with Crippen molar-refractivity contribution >= 4 is 0 Å². The summed E-state index contributed by atoms with van der Waals surface area (Å²) < 4.78 is 5.77. The van der Waals surface area contributed by atoms with E-state index in [1.165, 1.54) is 39.0 Å². The molecule has 0 spiro atoms. The number of rotatable bonds is 4. The topological polar surface area (TPSA) is 24.5 Å². The van der Waals surface area contributed by atoms with Crippen LogP contribution in [0, 0.1) is 0 Å². The van der Waals surface area contributed by atoms with Gasteiger partial charge in [0.2, 0.25) is 0 Å². The minimum Gasteiger partial charge on any atom is -0.378 e. The van der Waals surface area contributed by atoms with E-state index < -0.39 is 0 Å². The molecule has 0 bridgehead atoms. The average Bonchev–Trinajstić information content (AvgIpc) is 2.14. The fraction of sp³-hybridized carbons (Fsp3) is 1.00. The quantitative estimate of drug-likeness (QED) is 0.725. The second kappa shape index (κ2) is 5.10. The average molecular weight is 198 g/mol. The summed E-state index contributed by atoms with van der Waals surface area (Å²) >= 11 is 0. The molecule has 0 atom stereocenters. The zero-order chi connectivity index (χ0) is 9.80. The van der Waals surface area contributed by atoms with Crippen molar-refractivity contribution in [3.63, 3.8) is 0 Å². The van der Waals surface area contributed by atoms with Crippen molar-refractivity contribution in [1.82, 2.24) is 10.2 Å². The lowest BCUT2D eigenvalue weighted by molar-refractivity contribution is -0.00740. The molecule has 0 unspecified atom stereocenters. The summed E-state index contributed by atoms with van der Waals surface area (Å²) in [7, 11) is 0. The normalized spacial score (nSPS) is 26.4. The smallest absolute Gasteiger partial charge is 0.0599 e. The van der Waals surface area contributed by atoms with E-state index in [0.29, 0.717) is 6.10 Å². The lowest BCUT2D eigenvalue weighted by Gasteiger charge is -2.42. The zero-order valence-electron chi connectivity index (χ0n) is 9.17. The fourth-order valence-electron chi connectivity index (χ4n) is 2.22. The Kier molecular flexibility index (Phi) is 3.79. The molecule has 3 heteroatoms. The summed E-state index contributed by atoms with van der Waals surface area (Å²) in [6.45, 7) is 7.98. The van der Waals surface area contributed by atoms with Gasteiger partial charge in [-0.1, -0.05) is 6.92 Å². The molecule has 2 aliphatic rings. The summed E-state index contributed by atoms with van der Waals surface area (Å²) in [5.41, 5.74) is 0. The van der Waals surface area contributed by atoms with Crippen LogP contribution in [-0.2, 0) is 4.74 Å². The van der Waals surface area contributed by atoms with Crippen molar-refractivity contribution in [3.8, 4) is 0 Å². The molecule has 14 heavy (non-hydrogen) atoms. The Morgan fingerprint density at radius 3 is 2.50 bits per heavy atom. The molecule has 3 nitrogen and oxygen atoms in total. The van der Waals surface area contributed by atoms with Crippen molar-refractivity contribution in [1.29, 1.82) is 0 Å². The van der Waals surface area contributed by atoms with Gasteiger partial charge in [-0.2, -0.15) is 0 Å². The van der Waals surface area contributed by atoms with E-state index in [1.54, 1.807) is 0 Å². The van der Waals surface area contributed by atoms with E-state index in [1.807, 2.05) is 0 Å². The number of hydrogen-bond acceptors (Lipinski definition) is 3. The monoisotopic (exact) mass is 198 g/mol. The van der Waals surface area contributed by atoms with Gasteiger partial charge >= 0.3 is 0 Å². The van der Waals surface area contributed by atoms with Crippen LogP contribution < -0.4 is 5.32 Å². The molecular weight excluding hydrogens is 176 g/mol. The van der Waals surface area contributed by atoms with Crippen LogP contribution in [-0.4, -0.2) is 49.8 Å². The fourth-order valence-corrected chi connectivity index (χ4v) is 2.22.